The third-order valence-corrected chi connectivity index (χ3v) is 4.08. The number of hydrogen-bond donors (Lipinski definition) is 1. The van der Waals surface area contributed by atoms with Crippen molar-refractivity contribution in [1.82, 2.24) is 10.3 Å². The quantitative estimate of drug-likeness (QED) is 0.660. The standard InChI is InChI=1S/C19H17BrN2O3/c1-13(22-19(23)17-8-9-18(20)25-17)15-4-6-16(7-5-15)24-12-14-3-2-10-21-11-14/h2-11,13H,12H2,1H3,(H,22,23). The summed E-state index contributed by atoms with van der Waals surface area (Å²) in [5.74, 6) is 0.784. The SMILES string of the molecule is CC(NC(=O)c1ccc(Br)o1)c1ccc(OCc2cccnc2)cc1. The van der Waals surface area contributed by atoms with Crippen LogP contribution in [0.15, 0.2) is 70.0 Å². The molecule has 0 aliphatic carbocycles. The monoisotopic (exact) mass is 400 g/mol. The van der Waals surface area contributed by atoms with Crippen molar-refractivity contribution in [2.24, 2.45) is 0 Å². The predicted molar refractivity (Wildman–Crippen MR) is 97.3 cm³/mol. The van der Waals surface area contributed by atoms with Crippen LogP contribution in [0.25, 0.3) is 0 Å². The number of rotatable bonds is 6. The van der Waals surface area contributed by atoms with Gasteiger partial charge in [0.15, 0.2) is 10.4 Å². The first-order valence-electron chi connectivity index (χ1n) is 7.79. The molecule has 0 fully saturated rings. The van der Waals surface area contributed by atoms with Crippen LogP contribution in [0.2, 0.25) is 0 Å². The van der Waals surface area contributed by atoms with Gasteiger partial charge < -0.3 is 14.5 Å². The average molecular weight is 401 g/mol. The van der Waals surface area contributed by atoms with Gasteiger partial charge in [-0.05, 0) is 58.7 Å². The normalized spacial score (nSPS) is 11.8. The lowest BCUT2D eigenvalue weighted by Gasteiger charge is -2.14. The fourth-order valence-corrected chi connectivity index (χ4v) is 2.60. The van der Waals surface area contributed by atoms with Crippen molar-refractivity contribution in [2.45, 2.75) is 19.6 Å². The molecule has 0 saturated heterocycles. The molecule has 1 atom stereocenters. The Hall–Kier alpha value is -2.60. The molecule has 1 unspecified atom stereocenters. The van der Waals surface area contributed by atoms with E-state index in [1.165, 1.54) is 0 Å². The van der Waals surface area contributed by atoms with Crippen LogP contribution in [0, 0.1) is 0 Å². The van der Waals surface area contributed by atoms with Gasteiger partial charge in [-0.3, -0.25) is 9.78 Å². The third kappa shape index (κ3) is 4.70. The van der Waals surface area contributed by atoms with Crippen LogP contribution in [0.3, 0.4) is 0 Å². The average Bonchev–Trinajstić information content (AvgIpc) is 3.08. The van der Waals surface area contributed by atoms with Crippen LogP contribution < -0.4 is 10.1 Å². The molecule has 3 rings (SSSR count). The lowest BCUT2D eigenvalue weighted by Crippen LogP contribution is -2.26. The van der Waals surface area contributed by atoms with E-state index in [1.54, 1.807) is 24.5 Å². The zero-order chi connectivity index (χ0) is 17.6. The minimum atomic E-state index is -0.255. The van der Waals surface area contributed by atoms with Gasteiger partial charge in [-0.25, -0.2) is 0 Å². The van der Waals surface area contributed by atoms with Crippen LogP contribution in [0.1, 0.15) is 34.6 Å². The first kappa shape index (κ1) is 17.2. The van der Waals surface area contributed by atoms with Gasteiger partial charge in [0.25, 0.3) is 5.91 Å². The maximum absolute atomic E-state index is 12.1. The van der Waals surface area contributed by atoms with E-state index in [1.807, 2.05) is 43.3 Å². The zero-order valence-corrected chi connectivity index (χ0v) is 15.2. The van der Waals surface area contributed by atoms with E-state index < -0.39 is 0 Å². The second kappa shape index (κ2) is 7.98. The number of nitrogens with one attached hydrogen (secondary N) is 1. The van der Waals surface area contributed by atoms with E-state index in [-0.39, 0.29) is 17.7 Å². The smallest absolute Gasteiger partial charge is 0.287 e. The summed E-state index contributed by atoms with van der Waals surface area (Å²) in [6.45, 7) is 2.38. The Balaban J connectivity index is 1.56. The van der Waals surface area contributed by atoms with Crippen molar-refractivity contribution in [2.75, 3.05) is 0 Å². The second-order valence-electron chi connectivity index (χ2n) is 5.52. The highest BCUT2D eigenvalue weighted by atomic mass is 79.9. The van der Waals surface area contributed by atoms with E-state index >= 15 is 0 Å². The minimum absolute atomic E-state index is 0.149. The lowest BCUT2D eigenvalue weighted by atomic mass is 10.1. The number of ether oxygens (including phenoxy) is 1. The highest BCUT2D eigenvalue weighted by Gasteiger charge is 2.14. The molecule has 2 aromatic heterocycles. The van der Waals surface area contributed by atoms with Gasteiger partial charge in [-0.1, -0.05) is 18.2 Å². The van der Waals surface area contributed by atoms with Gasteiger partial charge >= 0.3 is 0 Å². The summed E-state index contributed by atoms with van der Waals surface area (Å²) < 4.78 is 11.5. The largest absolute Gasteiger partial charge is 0.489 e. The number of aromatic nitrogens is 1. The number of furan rings is 1. The molecule has 5 nitrogen and oxygen atoms in total. The molecule has 6 heteroatoms. The molecule has 128 valence electrons. The molecule has 25 heavy (non-hydrogen) atoms. The zero-order valence-electron chi connectivity index (χ0n) is 13.6. The van der Waals surface area contributed by atoms with Crippen molar-refractivity contribution in [3.8, 4) is 5.75 Å². The van der Waals surface area contributed by atoms with Gasteiger partial charge in [0.2, 0.25) is 0 Å². The summed E-state index contributed by atoms with van der Waals surface area (Å²) in [5.41, 5.74) is 1.99. The van der Waals surface area contributed by atoms with Gasteiger partial charge in [-0.2, -0.15) is 0 Å². The van der Waals surface area contributed by atoms with Crippen LogP contribution in [0.4, 0.5) is 0 Å². The maximum atomic E-state index is 12.1. The predicted octanol–water partition coefficient (Wildman–Crippen LogP) is 4.51. The maximum Gasteiger partial charge on any atom is 0.287 e. The van der Waals surface area contributed by atoms with Crippen molar-refractivity contribution in [1.29, 1.82) is 0 Å². The number of amides is 1. The van der Waals surface area contributed by atoms with Crippen LogP contribution in [-0.4, -0.2) is 10.9 Å². The summed E-state index contributed by atoms with van der Waals surface area (Å²) >= 11 is 3.19. The molecule has 1 amide bonds. The molecule has 1 N–H and O–H groups in total. The van der Waals surface area contributed by atoms with Crippen molar-refractivity contribution in [3.05, 3.63) is 82.5 Å². The Morgan fingerprint density at radius 3 is 2.68 bits per heavy atom. The van der Waals surface area contributed by atoms with Gasteiger partial charge in [0.05, 0.1) is 6.04 Å². The fourth-order valence-electron chi connectivity index (χ4n) is 2.29. The number of carbonyl (C=O) groups excluding carboxylic acids is 1. The van der Waals surface area contributed by atoms with E-state index in [9.17, 15) is 4.79 Å². The Kier molecular flexibility index (Phi) is 5.50. The molecule has 0 bridgehead atoms. The Labute approximate surface area is 154 Å². The van der Waals surface area contributed by atoms with E-state index in [0.717, 1.165) is 16.9 Å². The number of nitrogens with zero attached hydrogens (tertiary/aromatic N) is 1. The van der Waals surface area contributed by atoms with Gasteiger partial charge in [-0.15, -0.1) is 0 Å². The van der Waals surface area contributed by atoms with Gasteiger partial charge in [0.1, 0.15) is 12.4 Å². The summed E-state index contributed by atoms with van der Waals surface area (Å²) in [7, 11) is 0. The van der Waals surface area contributed by atoms with E-state index in [4.69, 9.17) is 9.15 Å². The summed E-state index contributed by atoms with van der Waals surface area (Å²) in [4.78, 5) is 16.2. The minimum Gasteiger partial charge on any atom is -0.489 e. The Bertz CT molecular complexity index is 831. The van der Waals surface area contributed by atoms with Crippen molar-refractivity contribution >= 4 is 21.8 Å². The summed E-state index contributed by atoms with van der Waals surface area (Å²) in [6, 6.07) is 14.6. The number of carbonyl (C=O) groups is 1. The van der Waals surface area contributed by atoms with Crippen LogP contribution in [0.5, 0.6) is 5.75 Å². The molecule has 1 aromatic carbocycles. The second-order valence-corrected chi connectivity index (χ2v) is 6.30. The van der Waals surface area contributed by atoms with Gasteiger partial charge in [0, 0.05) is 18.0 Å². The van der Waals surface area contributed by atoms with Crippen molar-refractivity contribution < 1.29 is 13.9 Å². The van der Waals surface area contributed by atoms with Crippen LogP contribution in [-0.2, 0) is 6.61 Å². The molecule has 0 spiro atoms. The number of halogens is 1. The molecule has 2 heterocycles. The summed E-state index contributed by atoms with van der Waals surface area (Å²) in [5, 5.41) is 2.90. The Morgan fingerprint density at radius 1 is 1.24 bits per heavy atom. The third-order valence-electron chi connectivity index (χ3n) is 3.65. The molecule has 0 aliphatic rings. The molecule has 0 radical (unpaired) electrons. The van der Waals surface area contributed by atoms with E-state index in [0.29, 0.717) is 11.3 Å². The molecular formula is C19H17BrN2O3. The van der Waals surface area contributed by atoms with E-state index in [2.05, 4.69) is 26.2 Å². The number of benzene rings is 1. The summed E-state index contributed by atoms with van der Waals surface area (Å²) in [6.07, 6.45) is 3.51. The first-order valence-corrected chi connectivity index (χ1v) is 8.59. The topological polar surface area (TPSA) is 64.4 Å². The highest BCUT2D eigenvalue weighted by Crippen LogP contribution is 2.20. The lowest BCUT2D eigenvalue weighted by molar-refractivity contribution is 0.0910. The molecule has 0 aliphatic heterocycles. The van der Waals surface area contributed by atoms with Crippen molar-refractivity contribution in [3.63, 3.8) is 0 Å². The molecular weight excluding hydrogens is 384 g/mol. The first-order chi connectivity index (χ1) is 12.1. The Morgan fingerprint density at radius 2 is 2.04 bits per heavy atom. The molecule has 3 aromatic rings. The molecule has 0 saturated carbocycles. The number of hydrogen-bond acceptors (Lipinski definition) is 4. The highest BCUT2D eigenvalue weighted by molar-refractivity contribution is 9.10. The van der Waals surface area contributed by atoms with Crippen LogP contribution >= 0.6 is 15.9 Å². The fraction of sp³-hybridized carbons (Fsp3) is 0.158. The number of pyridine rings is 1.